The van der Waals surface area contributed by atoms with E-state index < -0.39 is 61.5 Å². The van der Waals surface area contributed by atoms with Gasteiger partial charge in [0, 0.05) is 13.1 Å². The Hall–Kier alpha value is 0.245. The van der Waals surface area contributed by atoms with Gasteiger partial charge in [0.15, 0.2) is 5.34 Å². The van der Waals surface area contributed by atoms with Crippen LogP contribution < -0.4 is 0 Å². The molecule has 0 saturated carbocycles. The molecule has 6 unspecified atom stereocenters. The van der Waals surface area contributed by atoms with Crippen LogP contribution in [0.15, 0.2) is 0 Å². The topological polar surface area (TPSA) is 143 Å². The van der Waals surface area contributed by atoms with Crippen molar-refractivity contribution >= 4 is 22.8 Å². The molecule has 1 saturated heterocycles. The second kappa shape index (κ2) is 10.5. The van der Waals surface area contributed by atoms with Crippen LogP contribution in [-0.2, 0) is 22.9 Å². The van der Waals surface area contributed by atoms with Crippen LogP contribution in [-0.4, -0.2) is 81.2 Å². The van der Waals surface area contributed by atoms with Gasteiger partial charge in [-0.1, -0.05) is 27.7 Å². The minimum Gasteiger partial charge on any atom is -0.388 e. The SMILES string of the molecule is B[C@@H]1O[C@H](CC(C)(CC)OP(C)(=O)C(C)C(C)(CC)OP(=O)(O)C(C)(O)CC)[C@@H](O)[C@H]1O. The summed E-state index contributed by atoms with van der Waals surface area (Å²) < 4.78 is 44.1. The van der Waals surface area contributed by atoms with Gasteiger partial charge < -0.3 is 29.5 Å². The second-order valence-corrected chi connectivity index (χ2v) is 14.9. The van der Waals surface area contributed by atoms with Crippen molar-refractivity contribution in [3.8, 4) is 0 Å². The fraction of sp³-hybridized carbons (Fsp3) is 1.00. The number of hydrogen-bond acceptors (Lipinski definition) is 8. The standard InChI is InChI=1S/C20H43BO9P2/c1-9-18(5,12-14-15(22)16(23)17(21)28-14)29-31(8,25)13(4)19(6,10-2)30-32(26,27)20(7,24)11-3/h13-17,22-24H,9-12,21H2,1-8H3,(H,26,27)/t13?,14-,15-,16-,17-,18?,19?,20?,31?/m1/s1. The van der Waals surface area contributed by atoms with E-state index in [1.54, 1.807) is 42.5 Å². The van der Waals surface area contributed by atoms with Crippen LogP contribution in [0.3, 0.4) is 0 Å². The Morgan fingerprint density at radius 1 is 1.03 bits per heavy atom. The quantitative estimate of drug-likeness (QED) is 0.235. The smallest absolute Gasteiger partial charge is 0.359 e. The zero-order valence-corrected chi connectivity index (χ0v) is 22.7. The fourth-order valence-electron chi connectivity index (χ4n) is 3.80. The highest BCUT2D eigenvalue weighted by molar-refractivity contribution is 7.59. The lowest BCUT2D eigenvalue weighted by Gasteiger charge is -2.43. The first kappa shape index (κ1) is 30.3. The molecule has 0 aromatic heterocycles. The van der Waals surface area contributed by atoms with Crippen LogP contribution in [0, 0.1) is 0 Å². The summed E-state index contributed by atoms with van der Waals surface area (Å²) in [6, 6.07) is -0.523. The number of aliphatic hydroxyl groups excluding tert-OH is 2. The van der Waals surface area contributed by atoms with Crippen molar-refractivity contribution in [3.63, 3.8) is 0 Å². The molecule has 190 valence electrons. The third kappa shape index (κ3) is 6.47. The number of aliphatic hydroxyl groups is 3. The first-order chi connectivity index (χ1) is 14.3. The van der Waals surface area contributed by atoms with E-state index in [4.69, 9.17) is 13.8 Å². The molecule has 12 heteroatoms. The highest BCUT2D eigenvalue weighted by Gasteiger charge is 2.52. The highest BCUT2D eigenvalue weighted by Crippen LogP contribution is 2.63. The molecule has 1 aliphatic rings. The lowest BCUT2D eigenvalue weighted by Crippen LogP contribution is -2.44. The first-order valence-corrected chi connectivity index (χ1v) is 15.1. The van der Waals surface area contributed by atoms with E-state index in [-0.39, 0.29) is 19.3 Å². The Kier molecular flexibility index (Phi) is 9.91. The molecule has 32 heavy (non-hydrogen) atoms. The number of hydrogen-bond donors (Lipinski definition) is 4. The molecule has 0 radical (unpaired) electrons. The zero-order chi connectivity index (χ0) is 25.3. The predicted molar refractivity (Wildman–Crippen MR) is 127 cm³/mol. The van der Waals surface area contributed by atoms with Crippen LogP contribution in [0.2, 0.25) is 0 Å². The van der Waals surface area contributed by atoms with Crippen LogP contribution in [0.5, 0.6) is 0 Å². The van der Waals surface area contributed by atoms with Gasteiger partial charge in [-0.2, -0.15) is 0 Å². The average molecular weight is 500 g/mol. The van der Waals surface area contributed by atoms with Crippen molar-refractivity contribution in [1.82, 2.24) is 0 Å². The normalized spacial score (nSPS) is 34.5. The molecule has 0 aliphatic carbocycles. The molecule has 0 aromatic rings. The lowest BCUT2D eigenvalue weighted by atomic mass is 9.90. The van der Waals surface area contributed by atoms with Crippen LogP contribution in [0.1, 0.15) is 74.1 Å². The Morgan fingerprint density at radius 2 is 1.56 bits per heavy atom. The van der Waals surface area contributed by atoms with Gasteiger partial charge in [-0.05, 0) is 40.0 Å². The molecule has 0 amide bonds. The Morgan fingerprint density at radius 3 is 1.94 bits per heavy atom. The molecule has 1 rings (SSSR count). The van der Waals surface area contributed by atoms with Gasteiger partial charge in [-0.3, -0.25) is 13.7 Å². The molecular weight excluding hydrogens is 457 g/mol. The van der Waals surface area contributed by atoms with Gasteiger partial charge in [0.05, 0.1) is 29.0 Å². The summed E-state index contributed by atoms with van der Waals surface area (Å²) in [6.07, 6.45) is -1.81. The summed E-state index contributed by atoms with van der Waals surface area (Å²) in [4.78, 5) is 10.5. The molecular formula is C20H43BO9P2. The molecule has 10 atom stereocenters. The van der Waals surface area contributed by atoms with Crippen molar-refractivity contribution in [3.05, 3.63) is 0 Å². The summed E-state index contributed by atoms with van der Waals surface area (Å²) in [5.74, 6) is 0. The van der Waals surface area contributed by atoms with E-state index >= 15 is 0 Å². The third-order valence-corrected chi connectivity index (χ3v) is 12.2. The van der Waals surface area contributed by atoms with Crippen LogP contribution >= 0.6 is 15.0 Å². The van der Waals surface area contributed by atoms with Gasteiger partial charge in [0.1, 0.15) is 20.1 Å². The molecule has 1 aliphatic heterocycles. The van der Waals surface area contributed by atoms with E-state index in [0.717, 1.165) is 0 Å². The largest absolute Gasteiger partial charge is 0.388 e. The third-order valence-electron chi connectivity index (χ3n) is 7.28. The molecule has 0 bridgehead atoms. The molecule has 4 N–H and O–H groups in total. The first-order valence-electron chi connectivity index (χ1n) is 11.4. The molecule has 0 aromatic carbocycles. The molecule has 9 nitrogen and oxygen atoms in total. The van der Waals surface area contributed by atoms with Gasteiger partial charge in [-0.25, -0.2) is 0 Å². The van der Waals surface area contributed by atoms with E-state index in [2.05, 4.69) is 0 Å². The van der Waals surface area contributed by atoms with E-state index in [0.29, 0.717) is 6.42 Å². The highest BCUT2D eigenvalue weighted by atomic mass is 31.2. The van der Waals surface area contributed by atoms with Crippen molar-refractivity contribution in [2.45, 2.75) is 121 Å². The maximum atomic E-state index is 13.8. The van der Waals surface area contributed by atoms with E-state index in [9.17, 15) is 29.3 Å². The average Bonchev–Trinajstić information content (AvgIpc) is 2.92. The van der Waals surface area contributed by atoms with Crippen LogP contribution in [0.25, 0.3) is 0 Å². The lowest BCUT2D eigenvalue weighted by molar-refractivity contribution is -0.0348. The van der Waals surface area contributed by atoms with Gasteiger partial charge in [-0.15, -0.1) is 0 Å². The fourth-order valence-corrected chi connectivity index (χ4v) is 7.80. The van der Waals surface area contributed by atoms with Gasteiger partial charge in [0.2, 0.25) is 7.37 Å². The summed E-state index contributed by atoms with van der Waals surface area (Å²) in [5, 5.41) is 28.7. The van der Waals surface area contributed by atoms with Crippen LogP contribution in [0.4, 0.5) is 0 Å². The van der Waals surface area contributed by atoms with Crippen molar-refractivity contribution < 1.29 is 43.1 Å². The van der Waals surface area contributed by atoms with Crippen molar-refractivity contribution in [2.24, 2.45) is 0 Å². The Balaban J connectivity index is 3.12. The molecule has 1 heterocycles. The minimum atomic E-state index is -4.46. The van der Waals surface area contributed by atoms with Crippen molar-refractivity contribution in [2.75, 3.05) is 6.66 Å². The number of ether oxygens (including phenoxy) is 1. The Bertz CT molecular complexity index is 736. The maximum Gasteiger partial charge on any atom is 0.359 e. The summed E-state index contributed by atoms with van der Waals surface area (Å²) >= 11 is 0. The second-order valence-electron chi connectivity index (χ2n) is 9.89. The summed E-state index contributed by atoms with van der Waals surface area (Å²) in [7, 11) is -6.24. The Labute approximate surface area is 193 Å². The zero-order valence-electron chi connectivity index (χ0n) is 20.9. The maximum absolute atomic E-state index is 13.8. The predicted octanol–water partition coefficient (Wildman–Crippen LogP) is 2.43. The minimum absolute atomic E-state index is 0.0110. The number of rotatable bonds is 12. The summed E-state index contributed by atoms with van der Waals surface area (Å²) in [6.45, 7) is 12.9. The molecule has 0 spiro atoms. The monoisotopic (exact) mass is 500 g/mol. The van der Waals surface area contributed by atoms with E-state index in [1.807, 2.05) is 6.92 Å². The van der Waals surface area contributed by atoms with E-state index in [1.165, 1.54) is 13.6 Å². The van der Waals surface area contributed by atoms with Gasteiger partial charge in [0.25, 0.3) is 0 Å². The molecule has 1 fully saturated rings. The summed E-state index contributed by atoms with van der Waals surface area (Å²) in [5.41, 5.74) is -3.03. The van der Waals surface area contributed by atoms with Gasteiger partial charge >= 0.3 is 7.60 Å². The van der Waals surface area contributed by atoms with Crippen molar-refractivity contribution in [1.29, 1.82) is 0 Å².